The molecule has 1 rings (SSSR count). The maximum Gasteiger partial charge on any atom is 0.106 e. The fraction of sp³-hybridized carbons (Fsp3) is 0.333. The summed E-state index contributed by atoms with van der Waals surface area (Å²) in [5, 5.41) is 0.641. The van der Waals surface area contributed by atoms with Gasteiger partial charge in [-0.2, -0.15) is 0 Å². The van der Waals surface area contributed by atoms with Crippen LogP contribution in [0.25, 0.3) is 0 Å². The summed E-state index contributed by atoms with van der Waals surface area (Å²) in [5.74, 6) is 0. The largest absolute Gasteiger partial charge is 0.352 e. The van der Waals surface area contributed by atoms with Crippen LogP contribution in [0.15, 0.2) is 12.3 Å². The quantitative estimate of drug-likeness (QED) is 0.619. The fourth-order valence-corrected chi connectivity index (χ4v) is 0.825. The third-order valence-electron chi connectivity index (χ3n) is 1.20. The highest BCUT2D eigenvalue weighted by Crippen LogP contribution is 2.13. The molecular weight excluding hydrogens is 136 g/mol. The van der Waals surface area contributed by atoms with Gasteiger partial charge in [0.05, 0.1) is 0 Å². The van der Waals surface area contributed by atoms with Gasteiger partial charge < -0.3 is 10.7 Å². The molecule has 50 valence electrons. The number of H-pyrrole nitrogens is 1. The van der Waals surface area contributed by atoms with Crippen molar-refractivity contribution in [3.8, 4) is 0 Å². The number of aromatic nitrogens is 1. The number of halogens is 1. The molecule has 9 heavy (non-hydrogen) atoms. The SMILES string of the molecule is C[C@H](N)c1c[nH]c(Cl)c1. The van der Waals surface area contributed by atoms with Crippen LogP contribution in [0.2, 0.25) is 5.15 Å². The van der Waals surface area contributed by atoms with E-state index in [0.717, 1.165) is 5.56 Å². The molecule has 2 nitrogen and oxygen atoms in total. The first kappa shape index (κ1) is 6.65. The molecule has 1 aromatic heterocycles. The fourth-order valence-electron chi connectivity index (χ4n) is 0.645. The molecule has 0 spiro atoms. The van der Waals surface area contributed by atoms with E-state index in [1.165, 1.54) is 0 Å². The molecule has 1 atom stereocenters. The van der Waals surface area contributed by atoms with E-state index in [2.05, 4.69) is 4.98 Å². The normalized spacial score (nSPS) is 13.7. The standard InChI is InChI=1S/C6H9ClN2/c1-4(8)5-2-6(7)9-3-5/h2-4,9H,8H2,1H3/t4-/m0/s1. The minimum absolute atomic E-state index is 0.0637. The van der Waals surface area contributed by atoms with Crippen molar-refractivity contribution >= 4 is 11.6 Å². The first-order valence-corrected chi connectivity index (χ1v) is 3.17. The Labute approximate surface area is 59.0 Å². The second-order valence-corrected chi connectivity index (χ2v) is 2.48. The Morgan fingerprint density at radius 1 is 1.78 bits per heavy atom. The van der Waals surface area contributed by atoms with E-state index in [-0.39, 0.29) is 6.04 Å². The van der Waals surface area contributed by atoms with Gasteiger partial charge in [-0.05, 0) is 18.6 Å². The van der Waals surface area contributed by atoms with Gasteiger partial charge in [0, 0.05) is 12.2 Å². The smallest absolute Gasteiger partial charge is 0.106 e. The maximum absolute atomic E-state index is 5.59. The monoisotopic (exact) mass is 144 g/mol. The average molecular weight is 145 g/mol. The van der Waals surface area contributed by atoms with E-state index in [1.807, 2.05) is 19.2 Å². The van der Waals surface area contributed by atoms with E-state index in [4.69, 9.17) is 17.3 Å². The molecule has 0 unspecified atom stereocenters. The van der Waals surface area contributed by atoms with Crippen LogP contribution in [0, 0.1) is 0 Å². The van der Waals surface area contributed by atoms with Crippen molar-refractivity contribution < 1.29 is 0 Å². The highest BCUT2D eigenvalue weighted by Gasteiger charge is 1.99. The summed E-state index contributed by atoms with van der Waals surface area (Å²) in [4.78, 5) is 2.84. The zero-order valence-corrected chi connectivity index (χ0v) is 5.94. The Hall–Kier alpha value is -0.470. The van der Waals surface area contributed by atoms with Gasteiger partial charge in [0.2, 0.25) is 0 Å². The Kier molecular flexibility index (Phi) is 1.78. The third kappa shape index (κ3) is 1.47. The second-order valence-electron chi connectivity index (χ2n) is 2.07. The Morgan fingerprint density at radius 3 is 2.67 bits per heavy atom. The van der Waals surface area contributed by atoms with E-state index < -0.39 is 0 Å². The molecule has 0 aromatic carbocycles. The van der Waals surface area contributed by atoms with Gasteiger partial charge in [-0.15, -0.1) is 0 Å². The van der Waals surface area contributed by atoms with E-state index in [9.17, 15) is 0 Å². The molecule has 1 heterocycles. The van der Waals surface area contributed by atoms with Gasteiger partial charge in [-0.3, -0.25) is 0 Å². The van der Waals surface area contributed by atoms with Crippen molar-refractivity contribution in [1.29, 1.82) is 0 Å². The number of nitrogens with two attached hydrogens (primary N) is 1. The number of aromatic amines is 1. The van der Waals surface area contributed by atoms with Gasteiger partial charge >= 0.3 is 0 Å². The molecule has 3 N–H and O–H groups in total. The highest BCUT2D eigenvalue weighted by molar-refractivity contribution is 6.29. The van der Waals surface area contributed by atoms with Crippen molar-refractivity contribution in [2.45, 2.75) is 13.0 Å². The summed E-state index contributed by atoms with van der Waals surface area (Å²) in [6.45, 7) is 1.92. The molecule has 1 aromatic rings. The van der Waals surface area contributed by atoms with Crippen LogP contribution in [0.4, 0.5) is 0 Å². The summed E-state index contributed by atoms with van der Waals surface area (Å²) in [5.41, 5.74) is 6.59. The van der Waals surface area contributed by atoms with Gasteiger partial charge in [0.1, 0.15) is 5.15 Å². The van der Waals surface area contributed by atoms with Crippen LogP contribution in [0.5, 0.6) is 0 Å². The van der Waals surface area contributed by atoms with Gasteiger partial charge in [0.15, 0.2) is 0 Å². The van der Waals surface area contributed by atoms with Crippen LogP contribution in [-0.2, 0) is 0 Å². The zero-order chi connectivity index (χ0) is 6.85. The lowest BCUT2D eigenvalue weighted by Gasteiger charge is -1.96. The summed E-state index contributed by atoms with van der Waals surface area (Å²) in [6, 6.07) is 1.89. The summed E-state index contributed by atoms with van der Waals surface area (Å²) in [6.07, 6.45) is 1.81. The van der Waals surface area contributed by atoms with Gasteiger partial charge in [-0.25, -0.2) is 0 Å². The summed E-state index contributed by atoms with van der Waals surface area (Å²) >= 11 is 5.59. The van der Waals surface area contributed by atoms with E-state index in [0.29, 0.717) is 5.15 Å². The number of hydrogen-bond donors (Lipinski definition) is 2. The van der Waals surface area contributed by atoms with Crippen LogP contribution in [-0.4, -0.2) is 4.98 Å². The predicted molar refractivity (Wildman–Crippen MR) is 38.4 cm³/mol. The molecule has 0 amide bonds. The van der Waals surface area contributed by atoms with Crippen molar-refractivity contribution in [3.05, 3.63) is 23.0 Å². The van der Waals surface area contributed by atoms with Crippen LogP contribution >= 0.6 is 11.6 Å². The topological polar surface area (TPSA) is 41.8 Å². The average Bonchev–Trinajstić information content (AvgIpc) is 2.14. The molecule has 0 aliphatic carbocycles. The van der Waals surface area contributed by atoms with Crippen molar-refractivity contribution in [1.82, 2.24) is 4.98 Å². The zero-order valence-electron chi connectivity index (χ0n) is 5.19. The number of rotatable bonds is 1. The van der Waals surface area contributed by atoms with Gasteiger partial charge in [-0.1, -0.05) is 11.6 Å². The Bertz CT molecular complexity index is 193. The molecule has 0 aliphatic heterocycles. The van der Waals surface area contributed by atoms with Crippen LogP contribution < -0.4 is 5.73 Å². The second kappa shape index (κ2) is 2.42. The Morgan fingerprint density at radius 2 is 2.44 bits per heavy atom. The minimum atomic E-state index is 0.0637. The lowest BCUT2D eigenvalue weighted by atomic mass is 10.2. The van der Waals surface area contributed by atoms with E-state index in [1.54, 1.807) is 0 Å². The number of nitrogens with one attached hydrogen (secondary N) is 1. The lowest BCUT2D eigenvalue weighted by Crippen LogP contribution is -2.02. The molecule has 3 heteroatoms. The summed E-state index contributed by atoms with van der Waals surface area (Å²) in [7, 11) is 0. The molecule has 0 saturated heterocycles. The van der Waals surface area contributed by atoms with Crippen molar-refractivity contribution in [3.63, 3.8) is 0 Å². The molecule has 0 aliphatic rings. The first-order valence-electron chi connectivity index (χ1n) is 2.79. The first-order chi connectivity index (χ1) is 4.20. The molecular formula is C6H9ClN2. The third-order valence-corrected chi connectivity index (χ3v) is 1.41. The van der Waals surface area contributed by atoms with E-state index >= 15 is 0 Å². The summed E-state index contributed by atoms with van der Waals surface area (Å²) < 4.78 is 0. The van der Waals surface area contributed by atoms with Crippen molar-refractivity contribution in [2.75, 3.05) is 0 Å². The molecule has 0 saturated carbocycles. The highest BCUT2D eigenvalue weighted by atomic mass is 35.5. The molecule has 0 fully saturated rings. The van der Waals surface area contributed by atoms with Crippen LogP contribution in [0.1, 0.15) is 18.5 Å². The minimum Gasteiger partial charge on any atom is -0.352 e. The van der Waals surface area contributed by atoms with Gasteiger partial charge in [0.25, 0.3) is 0 Å². The molecule has 0 bridgehead atoms. The number of hydrogen-bond acceptors (Lipinski definition) is 1. The lowest BCUT2D eigenvalue weighted by molar-refractivity contribution is 0.820. The maximum atomic E-state index is 5.59. The van der Waals surface area contributed by atoms with Crippen LogP contribution in [0.3, 0.4) is 0 Å². The Balaban J connectivity index is 2.85. The molecule has 0 radical (unpaired) electrons. The van der Waals surface area contributed by atoms with Crippen molar-refractivity contribution in [2.24, 2.45) is 5.73 Å². The predicted octanol–water partition coefficient (Wildman–Crippen LogP) is 1.69.